The molecule has 2 aromatic rings. The Morgan fingerprint density at radius 2 is 2.39 bits per heavy atom. The van der Waals surface area contributed by atoms with Crippen molar-refractivity contribution >= 4 is 11.6 Å². The number of benzene rings is 1. The first kappa shape index (κ1) is 11.8. The lowest BCUT2D eigenvalue weighted by atomic mass is 10.2. The van der Waals surface area contributed by atoms with Crippen LogP contribution in [0.4, 0.5) is 5.69 Å². The van der Waals surface area contributed by atoms with Gasteiger partial charge in [-0.1, -0.05) is 6.07 Å². The third-order valence-corrected chi connectivity index (χ3v) is 2.47. The van der Waals surface area contributed by atoms with Crippen LogP contribution in [0.15, 0.2) is 36.9 Å². The van der Waals surface area contributed by atoms with Crippen LogP contribution in [0.1, 0.15) is 18.5 Å². The zero-order valence-electron chi connectivity index (χ0n) is 9.74. The molecule has 6 nitrogen and oxygen atoms in total. The summed E-state index contributed by atoms with van der Waals surface area (Å²) >= 11 is 0. The van der Waals surface area contributed by atoms with E-state index in [0.717, 1.165) is 0 Å². The number of hydrogen-bond donors (Lipinski definition) is 1. The summed E-state index contributed by atoms with van der Waals surface area (Å²) in [6.07, 6.45) is 2.86. The molecule has 0 saturated carbocycles. The second-order valence-electron chi connectivity index (χ2n) is 3.73. The molecule has 1 aromatic carbocycles. The minimum atomic E-state index is -0.460. The Kier molecular flexibility index (Phi) is 3.34. The summed E-state index contributed by atoms with van der Waals surface area (Å²) in [5, 5.41) is 15.4. The van der Waals surface area contributed by atoms with E-state index in [1.165, 1.54) is 17.3 Å². The number of rotatable bonds is 3. The third-order valence-electron chi connectivity index (χ3n) is 2.47. The van der Waals surface area contributed by atoms with Crippen molar-refractivity contribution in [2.75, 3.05) is 5.32 Å². The second kappa shape index (κ2) is 5.10. The third kappa shape index (κ3) is 2.52. The predicted octanol–water partition coefficient (Wildman–Crippen LogP) is 1.35. The van der Waals surface area contributed by atoms with E-state index in [4.69, 9.17) is 5.26 Å². The molecular weight excluding hydrogens is 230 g/mol. The zero-order chi connectivity index (χ0) is 13.0. The Morgan fingerprint density at radius 1 is 1.56 bits per heavy atom. The SMILES string of the molecule is CC(C(=O)Nc1cccc(C#N)c1)n1cncn1. The van der Waals surface area contributed by atoms with Gasteiger partial charge in [-0.2, -0.15) is 10.4 Å². The monoisotopic (exact) mass is 241 g/mol. The van der Waals surface area contributed by atoms with Gasteiger partial charge in [-0.15, -0.1) is 0 Å². The highest BCUT2D eigenvalue weighted by molar-refractivity contribution is 5.93. The van der Waals surface area contributed by atoms with Gasteiger partial charge >= 0.3 is 0 Å². The molecule has 0 aliphatic heterocycles. The molecule has 0 saturated heterocycles. The van der Waals surface area contributed by atoms with E-state index < -0.39 is 6.04 Å². The summed E-state index contributed by atoms with van der Waals surface area (Å²) in [6.45, 7) is 1.72. The first-order valence-electron chi connectivity index (χ1n) is 5.36. The van der Waals surface area contributed by atoms with Crippen LogP contribution in [0.5, 0.6) is 0 Å². The molecule has 1 amide bonds. The minimum Gasteiger partial charge on any atom is -0.324 e. The molecule has 1 unspecified atom stereocenters. The lowest BCUT2D eigenvalue weighted by molar-refractivity contribution is -0.119. The molecule has 0 aliphatic rings. The fourth-order valence-corrected chi connectivity index (χ4v) is 1.45. The van der Waals surface area contributed by atoms with Crippen LogP contribution in [-0.4, -0.2) is 20.7 Å². The smallest absolute Gasteiger partial charge is 0.249 e. The summed E-state index contributed by atoms with van der Waals surface area (Å²) in [6, 6.07) is 8.30. The Morgan fingerprint density at radius 3 is 3.06 bits per heavy atom. The predicted molar refractivity (Wildman–Crippen MR) is 64.5 cm³/mol. The molecule has 90 valence electrons. The van der Waals surface area contributed by atoms with Crippen molar-refractivity contribution in [1.82, 2.24) is 14.8 Å². The van der Waals surface area contributed by atoms with Crippen LogP contribution < -0.4 is 5.32 Å². The highest BCUT2D eigenvalue weighted by Crippen LogP contribution is 2.12. The summed E-state index contributed by atoms with van der Waals surface area (Å²) in [4.78, 5) is 15.7. The van der Waals surface area contributed by atoms with Crippen molar-refractivity contribution < 1.29 is 4.79 Å². The Labute approximate surface area is 104 Å². The van der Waals surface area contributed by atoms with Gasteiger partial charge in [0.1, 0.15) is 18.7 Å². The molecule has 1 aromatic heterocycles. The van der Waals surface area contributed by atoms with Crippen molar-refractivity contribution in [3.05, 3.63) is 42.5 Å². The zero-order valence-corrected chi connectivity index (χ0v) is 9.74. The van der Waals surface area contributed by atoms with Crippen LogP contribution in [0.25, 0.3) is 0 Å². The summed E-state index contributed by atoms with van der Waals surface area (Å²) in [5.41, 5.74) is 1.09. The van der Waals surface area contributed by atoms with Gasteiger partial charge in [-0.3, -0.25) is 4.79 Å². The number of carbonyl (C=O) groups excluding carboxylic acids is 1. The van der Waals surface area contributed by atoms with Gasteiger partial charge in [-0.25, -0.2) is 9.67 Å². The number of nitriles is 1. The van der Waals surface area contributed by atoms with E-state index >= 15 is 0 Å². The van der Waals surface area contributed by atoms with Gasteiger partial charge in [-0.05, 0) is 25.1 Å². The quantitative estimate of drug-likeness (QED) is 0.879. The molecule has 0 spiro atoms. The number of carbonyl (C=O) groups is 1. The van der Waals surface area contributed by atoms with E-state index in [1.807, 2.05) is 6.07 Å². The minimum absolute atomic E-state index is 0.212. The summed E-state index contributed by atoms with van der Waals surface area (Å²) in [7, 11) is 0. The van der Waals surface area contributed by atoms with Gasteiger partial charge < -0.3 is 5.32 Å². The van der Waals surface area contributed by atoms with Crippen LogP contribution in [0, 0.1) is 11.3 Å². The number of aromatic nitrogens is 3. The van der Waals surface area contributed by atoms with E-state index in [9.17, 15) is 4.79 Å². The normalized spacial score (nSPS) is 11.6. The van der Waals surface area contributed by atoms with Crippen molar-refractivity contribution in [2.45, 2.75) is 13.0 Å². The number of nitrogens with zero attached hydrogens (tertiary/aromatic N) is 4. The molecule has 0 radical (unpaired) electrons. The molecule has 0 aliphatic carbocycles. The average molecular weight is 241 g/mol. The van der Waals surface area contributed by atoms with E-state index in [0.29, 0.717) is 11.3 Å². The Balaban J connectivity index is 2.09. The number of hydrogen-bond acceptors (Lipinski definition) is 4. The Hall–Kier alpha value is -2.68. The van der Waals surface area contributed by atoms with Gasteiger partial charge in [0.2, 0.25) is 5.91 Å². The van der Waals surface area contributed by atoms with Gasteiger partial charge in [0.25, 0.3) is 0 Å². The van der Waals surface area contributed by atoms with E-state index in [1.54, 1.807) is 31.2 Å². The first-order chi connectivity index (χ1) is 8.70. The van der Waals surface area contributed by atoms with Crippen LogP contribution in [0.2, 0.25) is 0 Å². The maximum atomic E-state index is 11.9. The molecule has 2 rings (SSSR count). The lowest BCUT2D eigenvalue weighted by Crippen LogP contribution is -2.24. The van der Waals surface area contributed by atoms with Gasteiger partial charge in [0, 0.05) is 5.69 Å². The number of anilines is 1. The van der Waals surface area contributed by atoms with Crippen molar-refractivity contribution in [3.8, 4) is 6.07 Å². The van der Waals surface area contributed by atoms with Gasteiger partial charge in [0.15, 0.2) is 0 Å². The topological polar surface area (TPSA) is 83.6 Å². The molecular formula is C12H11N5O. The fraction of sp³-hybridized carbons (Fsp3) is 0.167. The fourth-order valence-electron chi connectivity index (χ4n) is 1.45. The van der Waals surface area contributed by atoms with Crippen LogP contribution in [0.3, 0.4) is 0 Å². The molecule has 18 heavy (non-hydrogen) atoms. The number of amides is 1. The standard InChI is InChI=1S/C12H11N5O/c1-9(17-8-14-7-15-17)12(18)16-11-4-2-3-10(5-11)6-13/h2-5,7-9H,1H3,(H,16,18). The highest BCUT2D eigenvalue weighted by Gasteiger charge is 2.15. The van der Waals surface area contributed by atoms with Crippen LogP contribution >= 0.6 is 0 Å². The molecule has 1 heterocycles. The largest absolute Gasteiger partial charge is 0.324 e. The molecule has 1 N–H and O–H groups in total. The number of nitrogens with one attached hydrogen (secondary N) is 1. The second-order valence-corrected chi connectivity index (χ2v) is 3.73. The molecule has 1 atom stereocenters. The lowest BCUT2D eigenvalue weighted by Gasteiger charge is -2.12. The average Bonchev–Trinajstić information content (AvgIpc) is 2.92. The molecule has 0 fully saturated rings. The van der Waals surface area contributed by atoms with E-state index in [2.05, 4.69) is 15.4 Å². The van der Waals surface area contributed by atoms with Gasteiger partial charge in [0.05, 0.1) is 11.6 Å². The van der Waals surface area contributed by atoms with Crippen molar-refractivity contribution in [1.29, 1.82) is 5.26 Å². The van der Waals surface area contributed by atoms with Crippen molar-refractivity contribution in [2.24, 2.45) is 0 Å². The molecule has 0 bridgehead atoms. The van der Waals surface area contributed by atoms with Crippen molar-refractivity contribution in [3.63, 3.8) is 0 Å². The maximum Gasteiger partial charge on any atom is 0.249 e. The van der Waals surface area contributed by atoms with E-state index in [-0.39, 0.29) is 5.91 Å². The van der Waals surface area contributed by atoms with Crippen LogP contribution in [-0.2, 0) is 4.79 Å². The summed E-state index contributed by atoms with van der Waals surface area (Å²) in [5.74, 6) is -0.212. The highest BCUT2D eigenvalue weighted by atomic mass is 16.2. The first-order valence-corrected chi connectivity index (χ1v) is 5.36. The molecule has 6 heteroatoms. The summed E-state index contributed by atoms with van der Waals surface area (Å²) < 4.78 is 1.46. The maximum absolute atomic E-state index is 11.9. The Bertz CT molecular complexity index is 585.